The highest BCUT2D eigenvalue weighted by molar-refractivity contribution is 5.77. The van der Waals surface area contributed by atoms with Crippen LogP contribution in [0.5, 0.6) is 0 Å². The summed E-state index contributed by atoms with van der Waals surface area (Å²) in [6.07, 6.45) is 15.4. The summed E-state index contributed by atoms with van der Waals surface area (Å²) in [6, 6.07) is 0. The number of likely N-dealkylation sites (tertiary alicyclic amines) is 3. The van der Waals surface area contributed by atoms with Crippen molar-refractivity contribution in [2.45, 2.75) is 104 Å². The third-order valence-electron chi connectivity index (χ3n) is 10.2. The molecule has 0 aliphatic carbocycles. The molecule has 0 aromatic rings. The van der Waals surface area contributed by atoms with Gasteiger partial charge in [0.25, 0.3) is 0 Å². The average Bonchev–Trinajstić information content (AvgIpc) is 2.92. The molecule has 4 saturated heterocycles. The molecule has 4 heterocycles. The highest BCUT2D eigenvalue weighted by Crippen LogP contribution is 2.31. The number of hydrogen-bond donors (Lipinski definition) is 1. The van der Waals surface area contributed by atoms with Gasteiger partial charge < -0.3 is 20.0 Å². The van der Waals surface area contributed by atoms with Crippen molar-refractivity contribution in [1.82, 2.24) is 20.0 Å². The van der Waals surface area contributed by atoms with E-state index in [2.05, 4.69) is 40.8 Å². The van der Waals surface area contributed by atoms with Crippen LogP contribution in [0, 0.1) is 29.1 Å². The number of amides is 2. The Hall–Kier alpha value is -1.14. The van der Waals surface area contributed by atoms with Gasteiger partial charge >= 0.3 is 0 Å². The topological polar surface area (TPSA) is 55.9 Å². The van der Waals surface area contributed by atoms with Crippen LogP contribution in [-0.4, -0.2) is 85.4 Å². The zero-order valence-electron chi connectivity index (χ0n) is 25.0. The molecule has 0 unspecified atom stereocenters. The second-order valence-corrected chi connectivity index (χ2v) is 14.3. The van der Waals surface area contributed by atoms with Gasteiger partial charge in [-0.05, 0) is 107 Å². The van der Waals surface area contributed by atoms with Gasteiger partial charge in [0.05, 0.1) is 0 Å². The Labute approximate surface area is 233 Å². The molecule has 4 aliphatic rings. The molecule has 38 heavy (non-hydrogen) atoms. The fraction of sp³-hybridized carbons (Fsp3) is 0.938. The van der Waals surface area contributed by atoms with E-state index in [1.807, 2.05) is 0 Å². The van der Waals surface area contributed by atoms with Crippen LogP contribution in [0.1, 0.15) is 104 Å². The highest BCUT2D eigenvalue weighted by Gasteiger charge is 2.29. The number of piperidine rings is 4. The van der Waals surface area contributed by atoms with Crippen molar-refractivity contribution < 1.29 is 9.59 Å². The fourth-order valence-corrected chi connectivity index (χ4v) is 7.58. The molecule has 0 spiro atoms. The summed E-state index contributed by atoms with van der Waals surface area (Å²) >= 11 is 0. The van der Waals surface area contributed by atoms with Gasteiger partial charge in [-0.3, -0.25) is 9.59 Å². The Bertz CT molecular complexity index is 720. The maximum absolute atomic E-state index is 12.9. The molecule has 0 atom stereocenters. The Kier molecular flexibility index (Phi) is 11.4. The summed E-state index contributed by atoms with van der Waals surface area (Å²) in [5.74, 6) is 4.16. The van der Waals surface area contributed by atoms with Gasteiger partial charge in [-0.1, -0.05) is 40.0 Å². The lowest BCUT2D eigenvalue weighted by Gasteiger charge is -2.38. The third-order valence-corrected chi connectivity index (χ3v) is 10.2. The molecule has 4 fully saturated rings. The van der Waals surface area contributed by atoms with Crippen LogP contribution in [0.3, 0.4) is 0 Å². The number of carbonyl (C=O) groups excluding carboxylic acids is 2. The van der Waals surface area contributed by atoms with E-state index >= 15 is 0 Å². The van der Waals surface area contributed by atoms with E-state index in [1.165, 1.54) is 96.8 Å². The molecule has 4 rings (SSSR count). The molecular weight excluding hydrogens is 472 g/mol. The van der Waals surface area contributed by atoms with E-state index in [1.54, 1.807) is 0 Å². The quantitative estimate of drug-likeness (QED) is 0.447. The van der Waals surface area contributed by atoms with Crippen LogP contribution in [0.4, 0.5) is 0 Å². The fourth-order valence-electron chi connectivity index (χ4n) is 7.58. The van der Waals surface area contributed by atoms with Gasteiger partial charge in [-0.2, -0.15) is 0 Å². The molecular formula is C32H58N4O2. The first-order valence-corrected chi connectivity index (χ1v) is 16.3. The first kappa shape index (κ1) is 29.8. The lowest BCUT2D eigenvalue weighted by Crippen LogP contribution is -2.42. The number of nitrogens with one attached hydrogen (secondary N) is 1. The van der Waals surface area contributed by atoms with Crippen LogP contribution in [-0.2, 0) is 9.59 Å². The molecule has 4 aliphatic heterocycles. The number of carbonyl (C=O) groups is 2. The standard InChI is InChI=1S/C32H58N4O2/c1-32(2,3)25-31(38)36-23-11-27(12-24-36)6-4-5-26-9-21-35(22-10-26)30(37)15-20-34-18-13-29(14-19-34)28-7-16-33-17-8-28/h26-29,33H,4-25H2,1-3H3. The molecule has 6 nitrogen and oxygen atoms in total. The van der Waals surface area contributed by atoms with E-state index in [-0.39, 0.29) is 5.41 Å². The first-order valence-electron chi connectivity index (χ1n) is 16.3. The van der Waals surface area contributed by atoms with Crippen molar-refractivity contribution in [1.29, 1.82) is 0 Å². The molecule has 6 heteroatoms. The predicted octanol–water partition coefficient (Wildman–Crippen LogP) is 5.17. The molecule has 1 N–H and O–H groups in total. The Morgan fingerprint density at radius 3 is 1.71 bits per heavy atom. The van der Waals surface area contributed by atoms with Gasteiger partial charge in [0.1, 0.15) is 0 Å². The molecule has 0 saturated carbocycles. The van der Waals surface area contributed by atoms with Gasteiger partial charge in [0.15, 0.2) is 0 Å². The van der Waals surface area contributed by atoms with Crippen LogP contribution in [0.15, 0.2) is 0 Å². The molecule has 2 amide bonds. The van der Waals surface area contributed by atoms with Crippen molar-refractivity contribution >= 4 is 11.8 Å². The monoisotopic (exact) mass is 530 g/mol. The summed E-state index contributed by atoms with van der Waals surface area (Å²) in [6.45, 7) is 16.0. The second-order valence-electron chi connectivity index (χ2n) is 14.3. The van der Waals surface area contributed by atoms with Crippen molar-refractivity contribution in [2.75, 3.05) is 58.9 Å². The Morgan fingerprint density at radius 1 is 0.684 bits per heavy atom. The minimum Gasteiger partial charge on any atom is -0.343 e. The van der Waals surface area contributed by atoms with Crippen molar-refractivity contribution in [3.05, 3.63) is 0 Å². The normalized spacial score (nSPS) is 24.2. The largest absolute Gasteiger partial charge is 0.343 e. The van der Waals surface area contributed by atoms with Gasteiger partial charge in [-0.25, -0.2) is 0 Å². The summed E-state index contributed by atoms with van der Waals surface area (Å²) in [5.41, 5.74) is 0.0811. The summed E-state index contributed by atoms with van der Waals surface area (Å²) in [4.78, 5) is 32.2. The number of hydrogen-bond acceptors (Lipinski definition) is 4. The third kappa shape index (κ3) is 9.50. The summed E-state index contributed by atoms with van der Waals surface area (Å²) < 4.78 is 0. The van der Waals surface area contributed by atoms with Crippen molar-refractivity contribution in [3.63, 3.8) is 0 Å². The second kappa shape index (κ2) is 14.5. The SMILES string of the molecule is CC(C)(C)CC(=O)N1CCC(CCCC2CCN(C(=O)CCN3CCC(C4CCNCC4)CC3)CC2)CC1. The smallest absolute Gasteiger partial charge is 0.223 e. The zero-order valence-corrected chi connectivity index (χ0v) is 25.0. The van der Waals surface area contributed by atoms with Crippen LogP contribution < -0.4 is 5.32 Å². The number of rotatable bonds is 9. The van der Waals surface area contributed by atoms with E-state index < -0.39 is 0 Å². The van der Waals surface area contributed by atoms with Gasteiger partial charge in [0.2, 0.25) is 11.8 Å². The van der Waals surface area contributed by atoms with Gasteiger partial charge in [-0.15, -0.1) is 0 Å². The van der Waals surface area contributed by atoms with E-state index in [9.17, 15) is 9.59 Å². The summed E-state index contributed by atoms with van der Waals surface area (Å²) in [7, 11) is 0. The van der Waals surface area contributed by atoms with E-state index in [0.717, 1.165) is 56.4 Å². The highest BCUT2D eigenvalue weighted by atomic mass is 16.2. The Morgan fingerprint density at radius 2 is 1.18 bits per heavy atom. The molecule has 0 radical (unpaired) electrons. The van der Waals surface area contributed by atoms with Crippen LogP contribution in [0.25, 0.3) is 0 Å². The lowest BCUT2D eigenvalue weighted by molar-refractivity contribution is -0.134. The van der Waals surface area contributed by atoms with Crippen molar-refractivity contribution in [3.8, 4) is 0 Å². The summed E-state index contributed by atoms with van der Waals surface area (Å²) in [5, 5.41) is 3.50. The van der Waals surface area contributed by atoms with E-state index in [0.29, 0.717) is 24.7 Å². The van der Waals surface area contributed by atoms with Crippen molar-refractivity contribution in [2.24, 2.45) is 29.1 Å². The minimum absolute atomic E-state index is 0.0811. The van der Waals surface area contributed by atoms with E-state index in [4.69, 9.17) is 0 Å². The van der Waals surface area contributed by atoms with Crippen LogP contribution in [0.2, 0.25) is 0 Å². The maximum Gasteiger partial charge on any atom is 0.223 e. The first-order chi connectivity index (χ1) is 18.3. The predicted molar refractivity (Wildman–Crippen MR) is 156 cm³/mol. The molecule has 0 aromatic carbocycles. The molecule has 218 valence electrons. The zero-order chi connectivity index (χ0) is 27.0. The Balaban J connectivity index is 1.03. The number of nitrogens with zero attached hydrogens (tertiary/aromatic N) is 3. The van der Waals surface area contributed by atoms with Crippen LogP contribution >= 0.6 is 0 Å². The minimum atomic E-state index is 0.0811. The molecule has 0 bridgehead atoms. The maximum atomic E-state index is 12.9. The average molecular weight is 531 g/mol. The molecule has 0 aromatic heterocycles. The van der Waals surface area contributed by atoms with Gasteiger partial charge in [0, 0.05) is 45.6 Å². The lowest BCUT2D eigenvalue weighted by atomic mass is 9.79.